The van der Waals surface area contributed by atoms with Crippen LogP contribution >= 0.6 is 0 Å². The van der Waals surface area contributed by atoms with Crippen LogP contribution in [-0.2, 0) is 10.2 Å². The van der Waals surface area contributed by atoms with Gasteiger partial charge in [-0.1, -0.05) is 39.0 Å². The van der Waals surface area contributed by atoms with E-state index in [0.717, 1.165) is 5.56 Å². The summed E-state index contributed by atoms with van der Waals surface area (Å²) in [6.07, 6.45) is 4.61. The molecule has 4 aromatic rings. The van der Waals surface area contributed by atoms with Gasteiger partial charge in [-0.15, -0.1) is 0 Å². The minimum absolute atomic E-state index is 0.0585. The zero-order valence-electron chi connectivity index (χ0n) is 21.6. The molecule has 0 saturated heterocycles. The van der Waals surface area contributed by atoms with Crippen molar-refractivity contribution >= 4 is 28.6 Å². The van der Waals surface area contributed by atoms with Gasteiger partial charge in [-0.25, -0.2) is 4.98 Å². The molecule has 186 valence electrons. The Morgan fingerprint density at radius 1 is 0.972 bits per heavy atom. The second kappa shape index (κ2) is 9.57. The average molecular weight is 485 g/mol. The van der Waals surface area contributed by atoms with Crippen molar-refractivity contribution in [3.05, 3.63) is 90.1 Å². The minimum atomic E-state index is -0.948. The molecule has 0 radical (unpaired) electrons. The number of fused-ring (bicyclic) bond motifs is 1. The molecule has 0 fully saturated rings. The smallest absolute Gasteiger partial charge is 0.259 e. The van der Waals surface area contributed by atoms with Crippen LogP contribution in [0.2, 0.25) is 0 Å². The highest BCUT2D eigenvalue weighted by Crippen LogP contribution is 2.32. The SMILES string of the molecule is CC(C)(C)NC(=O)C(c1cccnc1)N(C(=O)c1ccc2ncoc2c1)c1ccc(C(C)(C)C)cc1. The Morgan fingerprint density at radius 3 is 2.31 bits per heavy atom. The molecule has 1 N–H and O–H groups in total. The number of oxazole rings is 1. The van der Waals surface area contributed by atoms with Crippen LogP contribution in [0.25, 0.3) is 11.1 Å². The van der Waals surface area contributed by atoms with Gasteiger partial charge >= 0.3 is 0 Å². The van der Waals surface area contributed by atoms with Crippen LogP contribution in [0, 0.1) is 0 Å². The number of aromatic nitrogens is 2. The molecule has 1 atom stereocenters. The summed E-state index contributed by atoms with van der Waals surface area (Å²) < 4.78 is 5.43. The lowest BCUT2D eigenvalue weighted by Crippen LogP contribution is -2.49. The minimum Gasteiger partial charge on any atom is -0.443 e. The summed E-state index contributed by atoms with van der Waals surface area (Å²) in [5.74, 6) is -0.640. The van der Waals surface area contributed by atoms with Gasteiger partial charge in [0.15, 0.2) is 12.0 Å². The molecule has 36 heavy (non-hydrogen) atoms. The fourth-order valence-corrected chi connectivity index (χ4v) is 4.03. The molecule has 0 aliphatic rings. The number of nitrogens with one attached hydrogen (secondary N) is 1. The third-order valence-electron chi connectivity index (χ3n) is 5.81. The summed E-state index contributed by atoms with van der Waals surface area (Å²) in [7, 11) is 0. The number of nitrogens with zero attached hydrogens (tertiary/aromatic N) is 3. The van der Waals surface area contributed by atoms with E-state index >= 15 is 0 Å². The van der Waals surface area contributed by atoms with E-state index in [1.54, 1.807) is 36.7 Å². The van der Waals surface area contributed by atoms with Crippen molar-refractivity contribution in [3.8, 4) is 0 Å². The number of anilines is 1. The van der Waals surface area contributed by atoms with E-state index in [2.05, 4.69) is 36.1 Å². The van der Waals surface area contributed by atoms with Crippen molar-refractivity contribution in [1.29, 1.82) is 0 Å². The van der Waals surface area contributed by atoms with Crippen LogP contribution in [0.4, 0.5) is 5.69 Å². The van der Waals surface area contributed by atoms with Crippen molar-refractivity contribution in [2.75, 3.05) is 4.90 Å². The Kier molecular flexibility index (Phi) is 6.67. The number of amides is 2. The number of carbonyl (C=O) groups excluding carboxylic acids is 2. The molecule has 0 aliphatic heterocycles. The largest absolute Gasteiger partial charge is 0.443 e. The Hall–Kier alpha value is -4.00. The second-order valence-electron chi connectivity index (χ2n) is 10.9. The van der Waals surface area contributed by atoms with Gasteiger partial charge < -0.3 is 9.73 Å². The molecule has 2 amide bonds. The fraction of sp³-hybridized carbons (Fsp3) is 0.310. The normalized spacial score (nSPS) is 12.8. The van der Waals surface area contributed by atoms with Crippen molar-refractivity contribution in [2.24, 2.45) is 0 Å². The highest BCUT2D eigenvalue weighted by Gasteiger charge is 2.35. The van der Waals surface area contributed by atoms with E-state index in [0.29, 0.717) is 27.9 Å². The standard InChI is InChI=1S/C29H32N4O3/c1-28(2,3)21-10-12-22(13-11-21)33(27(35)19-9-14-23-24(16-19)36-18-31-23)25(20-8-7-15-30-17-20)26(34)32-29(4,5)6/h7-18,25H,1-6H3,(H,32,34). The van der Waals surface area contributed by atoms with Crippen LogP contribution in [-0.4, -0.2) is 27.3 Å². The number of carbonyl (C=O) groups is 2. The zero-order chi connectivity index (χ0) is 26.1. The summed E-state index contributed by atoms with van der Waals surface area (Å²) in [4.78, 5) is 37.8. The van der Waals surface area contributed by atoms with Crippen LogP contribution in [0.5, 0.6) is 0 Å². The molecule has 7 heteroatoms. The van der Waals surface area contributed by atoms with Gasteiger partial charge in [0.1, 0.15) is 11.6 Å². The highest BCUT2D eigenvalue weighted by molar-refractivity contribution is 6.11. The van der Waals surface area contributed by atoms with E-state index in [1.807, 2.05) is 51.1 Å². The topological polar surface area (TPSA) is 88.3 Å². The van der Waals surface area contributed by atoms with Crippen molar-refractivity contribution < 1.29 is 14.0 Å². The Bertz CT molecular complexity index is 1360. The third kappa shape index (κ3) is 5.46. The summed E-state index contributed by atoms with van der Waals surface area (Å²) in [5.41, 5.74) is 3.31. The maximum atomic E-state index is 14.1. The van der Waals surface area contributed by atoms with Gasteiger partial charge in [0, 0.05) is 34.7 Å². The molecule has 4 rings (SSSR count). The van der Waals surface area contributed by atoms with Gasteiger partial charge in [-0.05, 0) is 68.1 Å². The van der Waals surface area contributed by atoms with E-state index in [9.17, 15) is 9.59 Å². The first-order chi connectivity index (χ1) is 16.9. The van der Waals surface area contributed by atoms with Gasteiger partial charge in [-0.2, -0.15) is 0 Å². The Morgan fingerprint density at radius 2 is 1.69 bits per heavy atom. The van der Waals surface area contributed by atoms with Crippen LogP contribution < -0.4 is 10.2 Å². The first-order valence-electron chi connectivity index (χ1n) is 11.9. The predicted molar refractivity (Wildman–Crippen MR) is 141 cm³/mol. The molecule has 2 heterocycles. The molecule has 0 saturated carbocycles. The molecular weight excluding hydrogens is 452 g/mol. The maximum Gasteiger partial charge on any atom is 0.259 e. The van der Waals surface area contributed by atoms with Gasteiger partial charge in [0.25, 0.3) is 5.91 Å². The quantitative estimate of drug-likeness (QED) is 0.385. The molecule has 7 nitrogen and oxygen atoms in total. The zero-order valence-corrected chi connectivity index (χ0v) is 21.6. The van der Waals surface area contributed by atoms with E-state index in [-0.39, 0.29) is 17.2 Å². The lowest BCUT2D eigenvalue weighted by molar-refractivity contribution is -0.123. The lowest BCUT2D eigenvalue weighted by Gasteiger charge is -2.34. The van der Waals surface area contributed by atoms with E-state index < -0.39 is 11.6 Å². The van der Waals surface area contributed by atoms with Gasteiger partial charge in [-0.3, -0.25) is 19.5 Å². The number of benzene rings is 2. The first-order valence-corrected chi connectivity index (χ1v) is 11.9. The van der Waals surface area contributed by atoms with E-state index in [1.165, 1.54) is 11.3 Å². The van der Waals surface area contributed by atoms with Crippen LogP contribution in [0.15, 0.2) is 77.8 Å². The Balaban J connectivity index is 1.88. The number of hydrogen-bond donors (Lipinski definition) is 1. The van der Waals surface area contributed by atoms with Crippen LogP contribution in [0.3, 0.4) is 0 Å². The summed E-state index contributed by atoms with van der Waals surface area (Å²) in [6, 6.07) is 15.5. The molecule has 0 aliphatic carbocycles. The van der Waals surface area contributed by atoms with Gasteiger partial charge in [0.2, 0.25) is 5.91 Å². The summed E-state index contributed by atoms with van der Waals surface area (Å²) in [6.45, 7) is 12.1. The van der Waals surface area contributed by atoms with Gasteiger partial charge in [0.05, 0.1) is 0 Å². The Labute approximate surface area is 211 Å². The van der Waals surface area contributed by atoms with E-state index in [4.69, 9.17) is 4.42 Å². The molecule has 0 spiro atoms. The van der Waals surface area contributed by atoms with Crippen molar-refractivity contribution in [2.45, 2.75) is 58.5 Å². The summed E-state index contributed by atoms with van der Waals surface area (Å²) in [5, 5.41) is 3.05. The monoisotopic (exact) mass is 484 g/mol. The van der Waals surface area contributed by atoms with Crippen molar-refractivity contribution in [1.82, 2.24) is 15.3 Å². The molecular formula is C29H32N4O3. The second-order valence-corrected chi connectivity index (χ2v) is 10.9. The van der Waals surface area contributed by atoms with Crippen molar-refractivity contribution in [3.63, 3.8) is 0 Å². The lowest BCUT2D eigenvalue weighted by atomic mass is 9.87. The fourth-order valence-electron chi connectivity index (χ4n) is 4.03. The molecule has 2 aromatic carbocycles. The highest BCUT2D eigenvalue weighted by atomic mass is 16.3. The summed E-state index contributed by atoms with van der Waals surface area (Å²) >= 11 is 0. The maximum absolute atomic E-state index is 14.1. The first kappa shape index (κ1) is 25.1. The number of rotatable bonds is 5. The van der Waals surface area contributed by atoms with Crippen LogP contribution in [0.1, 0.15) is 69.1 Å². The number of hydrogen-bond acceptors (Lipinski definition) is 5. The number of pyridine rings is 1. The predicted octanol–water partition coefficient (Wildman–Crippen LogP) is 5.82. The third-order valence-corrected chi connectivity index (χ3v) is 5.81. The molecule has 0 bridgehead atoms. The average Bonchev–Trinajstić information content (AvgIpc) is 3.29. The molecule has 1 unspecified atom stereocenters. The molecule has 2 aromatic heterocycles.